The molecule has 0 spiro atoms. The van der Waals surface area contributed by atoms with Crippen molar-refractivity contribution >= 4 is 58.0 Å². The van der Waals surface area contributed by atoms with E-state index in [0.717, 1.165) is 11.0 Å². The lowest BCUT2D eigenvalue weighted by atomic mass is 9.91. The second-order valence-electron chi connectivity index (χ2n) is 7.49. The first-order valence-corrected chi connectivity index (χ1v) is 12.3. The van der Waals surface area contributed by atoms with Crippen LogP contribution in [0.4, 0.5) is 19.7 Å². The number of ketones is 1. The zero-order chi connectivity index (χ0) is 23.4. The smallest absolute Gasteiger partial charge is 0.416 e. The van der Waals surface area contributed by atoms with Gasteiger partial charge in [-0.1, -0.05) is 6.07 Å². The molecule has 0 radical (unpaired) electrons. The van der Waals surface area contributed by atoms with Crippen LogP contribution in [0.5, 0.6) is 0 Å². The largest absolute Gasteiger partial charge is 0.448 e. The summed E-state index contributed by atoms with van der Waals surface area (Å²) in [4.78, 5) is 62.0. The number of halogens is 2. The van der Waals surface area contributed by atoms with Gasteiger partial charge in [-0.3, -0.25) is 31.0 Å². The zero-order valence-electron chi connectivity index (χ0n) is 17.3. The number of cyclic esters (lactones) is 1. The number of rotatable bonds is 6. The summed E-state index contributed by atoms with van der Waals surface area (Å²) in [5, 5.41) is -0.365. The number of amides is 3. The van der Waals surface area contributed by atoms with Gasteiger partial charge in [0.05, 0.1) is 30.6 Å². The number of nitrogens with zero attached hydrogens (tertiary/aromatic N) is 2. The third-order valence-electron chi connectivity index (χ3n) is 5.32. The van der Waals surface area contributed by atoms with Crippen molar-refractivity contribution in [2.75, 3.05) is 36.2 Å². The molecule has 0 saturated carbocycles. The minimum absolute atomic E-state index is 0.0311. The molecule has 32 heavy (non-hydrogen) atoms. The van der Waals surface area contributed by atoms with E-state index in [2.05, 4.69) is 0 Å². The van der Waals surface area contributed by atoms with Gasteiger partial charge in [0.25, 0.3) is 0 Å². The van der Waals surface area contributed by atoms with Crippen molar-refractivity contribution in [3.63, 3.8) is 0 Å². The van der Waals surface area contributed by atoms with E-state index >= 15 is 0 Å². The van der Waals surface area contributed by atoms with Crippen LogP contribution in [0.25, 0.3) is 0 Å². The van der Waals surface area contributed by atoms with E-state index in [1.165, 1.54) is 24.0 Å². The summed E-state index contributed by atoms with van der Waals surface area (Å²) in [6.07, 6.45) is -2.07. The molecule has 2 aliphatic heterocycles. The van der Waals surface area contributed by atoms with Crippen LogP contribution in [0.2, 0.25) is 0 Å². The Hall–Kier alpha value is -2.66. The molecule has 1 aromatic carbocycles. The predicted octanol–water partition coefficient (Wildman–Crippen LogP) is 1.62. The lowest BCUT2D eigenvalue weighted by Crippen LogP contribution is -2.42. The fourth-order valence-corrected chi connectivity index (χ4v) is 5.25. The maximum Gasteiger partial charge on any atom is 0.416 e. The first-order chi connectivity index (χ1) is 15.2. The highest BCUT2D eigenvalue weighted by Crippen LogP contribution is 2.33. The third kappa shape index (κ3) is 5.21. The number of carbonyl (C=O) groups excluding carboxylic acids is 5. The molecule has 3 rings (SSSR count). The molecule has 0 aliphatic carbocycles. The number of anilines is 1. The lowest BCUT2D eigenvalue weighted by molar-refractivity contribution is -0.133. The second-order valence-corrected chi connectivity index (χ2v) is 9.71. The van der Waals surface area contributed by atoms with Gasteiger partial charge in [0.15, 0.2) is 0 Å². The monoisotopic (exact) mass is 490 g/mol. The topological polar surface area (TPSA) is 110 Å². The van der Waals surface area contributed by atoms with Gasteiger partial charge in [-0.25, -0.2) is 18.9 Å². The highest BCUT2D eigenvalue weighted by Gasteiger charge is 2.37. The maximum atomic E-state index is 14.8. The molecule has 1 aromatic rings. The van der Waals surface area contributed by atoms with Crippen LogP contribution in [-0.4, -0.2) is 71.3 Å². The van der Waals surface area contributed by atoms with Gasteiger partial charge in [0.2, 0.25) is 16.8 Å². The summed E-state index contributed by atoms with van der Waals surface area (Å²) in [5.74, 6) is -1.91. The molecule has 2 heterocycles. The molecule has 2 saturated heterocycles. The van der Waals surface area contributed by atoms with Crippen molar-refractivity contribution < 1.29 is 37.8 Å². The van der Waals surface area contributed by atoms with E-state index in [4.69, 9.17) is 21.1 Å². The molecule has 0 N–H and O–H groups in total. The SMILES string of the molecule is CC(=O)N(C[C@H]1CN(c2ccc([C@H]3CC[SH4]C(=O)C3=O)c(F)c2)C(=O)O1)C(=O)OCCCl. The van der Waals surface area contributed by atoms with Gasteiger partial charge in [0, 0.05) is 6.92 Å². The van der Waals surface area contributed by atoms with Gasteiger partial charge >= 0.3 is 12.2 Å². The molecule has 0 bridgehead atoms. The molecule has 2 aliphatic rings. The van der Waals surface area contributed by atoms with Crippen molar-refractivity contribution in [3.05, 3.63) is 29.6 Å². The van der Waals surface area contributed by atoms with E-state index in [9.17, 15) is 28.4 Å². The summed E-state index contributed by atoms with van der Waals surface area (Å²) < 4.78 is 24.9. The number of hydrogen-bond donors (Lipinski definition) is 0. The summed E-state index contributed by atoms with van der Waals surface area (Å²) in [7, 11) is 0. The number of Topliss-reactive ketones (excluding diaryl/α,β-unsaturated/α-hetero) is 1. The Morgan fingerprint density at radius 3 is 2.75 bits per heavy atom. The van der Waals surface area contributed by atoms with Gasteiger partial charge in [-0.15, -0.1) is 11.6 Å². The number of carbonyl (C=O) groups is 5. The maximum absolute atomic E-state index is 14.8. The fraction of sp³-hybridized carbons (Fsp3) is 0.450. The molecule has 176 valence electrons. The summed E-state index contributed by atoms with van der Waals surface area (Å²) in [6, 6.07) is 3.99. The lowest BCUT2D eigenvalue weighted by Gasteiger charge is -2.23. The predicted molar refractivity (Wildman–Crippen MR) is 119 cm³/mol. The van der Waals surface area contributed by atoms with Crippen molar-refractivity contribution in [1.29, 1.82) is 0 Å². The number of benzene rings is 1. The Morgan fingerprint density at radius 1 is 1.34 bits per heavy atom. The Balaban J connectivity index is 1.71. The molecule has 2 fully saturated rings. The van der Waals surface area contributed by atoms with Gasteiger partial charge in [-0.2, -0.15) is 0 Å². The first kappa shape index (κ1) is 24.0. The Kier molecular flexibility index (Phi) is 7.73. The number of ether oxygens (including phenoxy) is 2. The molecule has 3 amide bonds. The van der Waals surface area contributed by atoms with Gasteiger partial charge in [0.1, 0.15) is 18.5 Å². The van der Waals surface area contributed by atoms with Crippen LogP contribution >= 0.6 is 23.4 Å². The van der Waals surface area contributed by atoms with Crippen LogP contribution < -0.4 is 4.90 Å². The van der Waals surface area contributed by atoms with Crippen molar-refractivity contribution in [3.8, 4) is 0 Å². The quantitative estimate of drug-likeness (QED) is 0.440. The van der Waals surface area contributed by atoms with Gasteiger partial charge in [-0.05, 0) is 29.9 Å². The van der Waals surface area contributed by atoms with Crippen LogP contribution in [0.1, 0.15) is 24.8 Å². The Bertz CT molecular complexity index is 960. The zero-order valence-corrected chi connectivity index (χ0v) is 19.5. The normalized spacial score (nSPS) is 21.1. The summed E-state index contributed by atoms with van der Waals surface area (Å²) >= 11 is 4.40. The minimum Gasteiger partial charge on any atom is -0.448 e. The number of hydrogen-bond acceptors (Lipinski definition) is 7. The molecular weight excluding hydrogens is 467 g/mol. The van der Waals surface area contributed by atoms with Crippen molar-refractivity contribution in [2.24, 2.45) is 0 Å². The van der Waals surface area contributed by atoms with E-state index < -0.39 is 53.5 Å². The third-order valence-corrected chi connectivity index (χ3v) is 7.04. The molecule has 0 unspecified atom stereocenters. The highest BCUT2D eigenvalue weighted by atomic mass is 35.5. The van der Waals surface area contributed by atoms with E-state index in [1.54, 1.807) is 0 Å². The minimum atomic E-state index is -1.07. The number of imide groups is 1. The first-order valence-electron chi connectivity index (χ1n) is 10.1. The second kappa shape index (κ2) is 10.3. The molecule has 9 nitrogen and oxygen atoms in total. The van der Waals surface area contributed by atoms with Crippen LogP contribution in [0.15, 0.2) is 18.2 Å². The van der Waals surface area contributed by atoms with Crippen LogP contribution in [0, 0.1) is 5.82 Å². The summed E-state index contributed by atoms with van der Waals surface area (Å²) in [6.45, 7) is 0.826. The molecule has 2 atom stereocenters. The average molecular weight is 491 g/mol. The van der Waals surface area contributed by atoms with E-state index in [1.807, 2.05) is 0 Å². The average Bonchev–Trinajstić information content (AvgIpc) is 3.12. The van der Waals surface area contributed by atoms with Crippen molar-refractivity contribution in [2.45, 2.75) is 25.4 Å². The Labute approximate surface area is 192 Å². The highest BCUT2D eigenvalue weighted by molar-refractivity contribution is 8.15. The fourth-order valence-electron chi connectivity index (χ4n) is 3.75. The van der Waals surface area contributed by atoms with E-state index in [-0.39, 0.29) is 41.9 Å². The van der Waals surface area contributed by atoms with Crippen LogP contribution in [-0.2, 0) is 23.9 Å². The molecular formula is C20H24ClFN2O7S. The number of alkyl halides is 1. The standard InChI is InChI=1S/C20H24ClFN2O7S/c1-11(25)23(19(28)30-6-5-21)9-13-10-24(20(29)31-13)12-2-3-14(16(22)8-12)15-4-7-32-18(27)17(15)26/h2-3,8,13,15H,4-7,9-10H2,1H3,32H4/t13-,15+/m0/s1. The molecule has 12 heteroatoms. The van der Waals surface area contributed by atoms with E-state index in [0.29, 0.717) is 12.2 Å². The Morgan fingerprint density at radius 2 is 2.09 bits per heavy atom. The van der Waals surface area contributed by atoms with Crippen molar-refractivity contribution in [1.82, 2.24) is 4.90 Å². The van der Waals surface area contributed by atoms with Gasteiger partial charge < -0.3 is 9.47 Å². The van der Waals surface area contributed by atoms with Crippen LogP contribution in [0.3, 0.4) is 0 Å². The summed E-state index contributed by atoms with van der Waals surface area (Å²) in [5.41, 5.74) is 0.330. The molecule has 0 aromatic heterocycles.